The molecule has 1 aromatic carbocycles. The molecular weight excluding hydrogens is 360 g/mol. The van der Waals surface area contributed by atoms with Gasteiger partial charge in [-0.05, 0) is 86.0 Å². The maximum atomic E-state index is 6.19. The number of nitrogens with one attached hydrogen (secondary N) is 1. The van der Waals surface area contributed by atoms with E-state index in [0.717, 1.165) is 24.7 Å². The van der Waals surface area contributed by atoms with E-state index in [1.165, 1.54) is 49.9 Å². The molecule has 0 aliphatic heterocycles. The zero-order chi connectivity index (χ0) is 19.6. The Morgan fingerprint density at radius 1 is 0.964 bits per heavy atom. The van der Waals surface area contributed by atoms with Crippen molar-refractivity contribution in [2.24, 2.45) is 28.4 Å². The summed E-state index contributed by atoms with van der Waals surface area (Å²) < 4.78 is 0. The van der Waals surface area contributed by atoms with Crippen molar-refractivity contribution < 1.29 is 0 Å². The molecule has 1 aromatic rings. The summed E-state index contributed by atoms with van der Waals surface area (Å²) in [6.07, 6.45) is 11.2. The van der Waals surface area contributed by atoms with Gasteiger partial charge in [0.2, 0.25) is 0 Å². The van der Waals surface area contributed by atoms with E-state index in [2.05, 4.69) is 49.5 Å². The fourth-order valence-electron chi connectivity index (χ4n) is 7.52. The Hall–Kier alpha value is -0.930. The van der Waals surface area contributed by atoms with Gasteiger partial charge >= 0.3 is 0 Å². The standard InChI is InChI=1S/C25H36N2S/c1-23(2)18-12-24(17-6-4-3-5-7-17)13-19(23)15-25(14-18,16-24)22(28)27-21-10-8-20(26)9-11-21/h3-7,18-21H,8-16,26H2,1-2H3,(H,27,28)/t18?,19?,20-,21-,24?,25?. The van der Waals surface area contributed by atoms with Crippen molar-refractivity contribution in [2.75, 3.05) is 0 Å². The first-order chi connectivity index (χ1) is 13.3. The van der Waals surface area contributed by atoms with E-state index in [4.69, 9.17) is 18.0 Å². The van der Waals surface area contributed by atoms with Gasteiger partial charge in [-0.1, -0.05) is 56.4 Å². The Bertz CT molecular complexity index is 729. The molecule has 3 heteroatoms. The molecule has 5 aliphatic carbocycles. The molecule has 2 nitrogen and oxygen atoms in total. The van der Waals surface area contributed by atoms with Crippen LogP contribution in [0.25, 0.3) is 0 Å². The first kappa shape index (κ1) is 19.1. The number of benzene rings is 1. The van der Waals surface area contributed by atoms with Crippen molar-refractivity contribution in [1.82, 2.24) is 5.32 Å². The molecule has 4 bridgehead atoms. The van der Waals surface area contributed by atoms with Gasteiger partial charge in [0.15, 0.2) is 0 Å². The minimum Gasteiger partial charge on any atom is -0.376 e. The Morgan fingerprint density at radius 3 is 2.18 bits per heavy atom. The van der Waals surface area contributed by atoms with Crippen molar-refractivity contribution >= 4 is 17.2 Å². The summed E-state index contributed by atoms with van der Waals surface area (Å²) in [5, 5.41) is 3.87. The molecule has 0 amide bonds. The van der Waals surface area contributed by atoms with Gasteiger partial charge in [-0.2, -0.15) is 0 Å². The minimum absolute atomic E-state index is 0.214. The summed E-state index contributed by atoms with van der Waals surface area (Å²) in [6, 6.07) is 12.3. The van der Waals surface area contributed by atoms with Gasteiger partial charge in [0.05, 0.1) is 4.99 Å². The molecule has 5 aliphatic rings. The molecule has 3 N–H and O–H groups in total. The molecule has 0 aromatic heterocycles. The van der Waals surface area contributed by atoms with Gasteiger partial charge in [0.1, 0.15) is 0 Å². The van der Waals surface area contributed by atoms with Crippen molar-refractivity contribution in [3.8, 4) is 0 Å². The van der Waals surface area contributed by atoms with E-state index in [-0.39, 0.29) is 5.41 Å². The van der Waals surface area contributed by atoms with E-state index < -0.39 is 0 Å². The molecule has 0 radical (unpaired) electrons. The quantitative estimate of drug-likeness (QED) is 0.677. The highest BCUT2D eigenvalue weighted by Gasteiger charge is 2.65. The highest BCUT2D eigenvalue weighted by molar-refractivity contribution is 7.80. The summed E-state index contributed by atoms with van der Waals surface area (Å²) in [4.78, 5) is 1.19. The maximum absolute atomic E-state index is 6.19. The van der Waals surface area contributed by atoms with Crippen molar-refractivity contribution in [3.05, 3.63) is 35.9 Å². The zero-order valence-electron chi connectivity index (χ0n) is 17.5. The Labute approximate surface area is 176 Å². The van der Waals surface area contributed by atoms with Gasteiger partial charge < -0.3 is 11.1 Å². The van der Waals surface area contributed by atoms with Crippen LogP contribution < -0.4 is 11.1 Å². The van der Waals surface area contributed by atoms with Gasteiger partial charge in [-0.3, -0.25) is 0 Å². The fourth-order valence-corrected chi connectivity index (χ4v) is 7.92. The molecule has 0 spiro atoms. The second-order valence-electron chi connectivity index (χ2n) is 11.2. The SMILES string of the molecule is CC1(C)C2CC3(C(=S)N[C@H]4CC[C@H](N)CC4)CC1CC(c1ccccc1)(C2)C3. The molecule has 2 atom stereocenters. The third kappa shape index (κ3) is 2.88. The summed E-state index contributed by atoms with van der Waals surface area (Å²) in [7, 11) is 0. The number of rotatable bonds is 3. The van der Waals surface area contributed by atoms with E-state index in [0.29, 0.717) is 22.9 Å². The third-order valence-electron chi connectivity index (χ3n) is 9.30. The van der Waals surface area contributed by atoms with Crippen LogP contribution in [0.4, 0.5) is 0 Å². The predicted molar refractivity (Wildman–Crippen MR) is 120 cm³/mol. The summed E-state index contributed by atoms with van der Waals surface area (Å²) in [5.74, 6) is 1.57. The molecule has 6 rings (SSSR count). The van der Waals surface area contributed by atoms with Crippen LogP contribution in [0, 0.1) is 22.7 Å². The molecule has 152 valence electrons. The monoisotopic (exact) mass is 396 g/mol. The molecule has 2 unspecified atom stereocenters. The third-order valence-corrected chi connectivity index (χ3v) is 9.86. The molecular formula is C25H36N2S. The van der Waals surface area contributed by atoms with Crippen LogP contribution in [-0.4, -0.2) is 17.1 Å². The average molecular weight is 397 g/mol. The molecule has 0 heterocycles. The van der Waals surface area contributed by atoms with Crippen LogP contribution in [0.5, 0.6) is 0 Å². The van der Waals surface area contributed by atoms with E-state index in [1.54, 1.807) is 5.56 Å². The summed E-state index contributed by atoms with van der Waals surface area (Å²) >= 11 is 6.19. The zero-order valence-corrected chi connectivity index (χ0v) is 18.4. The highest BCUT2D eigenvalue weighted by Crippen LogP contribution is 2.71. The van der Waals surface area contributed by atoms with E-state index in [9.17, 15) is 0 Å². The normalized spacial score (nSPS) is 43.7. The first-order valence-electron chi connectivity index (χ1n) is 11.5. The van der Waals surface area contributed by atoms with Crippen LogP contribution in [-0.2, 0) is 5.41 Å². The topological polar surface area (TPSA) is 38.0 Å². The van der Waals surface area contributed by atoms with E-state index in [1.807, 2.05) is 0 Å². The minimum atomic E-state index is 0.214. The first-order valence-corrected chi connectivity index (χ1v) is 11.9. The van der Waals surface area contributed by atoms with Crippen molar-refractivity contribution in [3.63, 3.8) is 0 Å². The number of thiocarbonyl (C=S) groups is 1. The van der Waals surface area contributed by atoms with Gasteiger partial charge in [0, 0.05) is 17.5 Å². The fraction of sp³-hybridized carbons (Fsp3) is 0.720. The Kier molecular flexibility index (Phi) is 4.45. The van der Waals surface area contributed by atoms with Gasteiger partial charge in [-0.25, -0.2) is 0 Å². The van der Waals surface area contributed by atoms with Crippen molar-refractivity contribution in [1.29, 1.82) is 0 Å². The molecule has 0 saturated heterocycles. The summed E-state index contributed by atoms with van der Waals surface area (Å²) in [6.45, 7) is 5.07. The largest absolute Gasteiger partial charge is 0.376 e. The lowest BCUT2D eigenvalue weighted by molar-refractivity contribution is -0.125. The van der Waals surface area contributed by atoms with Crippen LogP contribution in [0.15, 0.2) is 30.3 Å². The Balaban J connectivity index is 1.44. The Morgan fingerprint density at radius 2 is 1.57 bits per heavy atom. The second kappa shape index (κ2) is 6.54. The predicted octanol–water partition coefficient (Wildman–Crippen LogP) is 5.35. The summed E-state index contributed by atoms with van der Waals surface area (Å²) in [5.41, 5.74) is 8.70. The lowest BCUT2D eigenvalue weighted by Crippen LogP contribution is -2.64. The van der Waals surface area contributed by atoms with E-state index >= 15 is 0 Å². The van der Waals surface area contributed by atoms with Crippen LogP contribution in [0.2, 0.25) is 0 Å². The second-order valence-corrected chi connectivity index (χ2v) is 11.6. The molecule has 5 saturated carbocycles. The number of nitrogens with two attached hydrogens (primary N) is 1. The van der Waals surface area contributed by atoms with Crippen molar-refractivity contribution in [2.45, 2.75) is 89.1 Å². The van der Waals surface area contributed by atoms with Crippen LogP contribution in [0.1, 0.15) is 77.2 Å². The molecule has 5 fully saturated rings. The number of hydrogen-bond donors (Lipinski definition) is 2. The van der Waals surface area contributed by atoms with Crippen LogP contribution in [0.3, 0.4) is 0 Å². The maximum Gasteiger partial charge on any atom is 0.0818 e. The smallest absolute Gasteiger partial charge is 0.0818 e. The van der Waals surface area contributed by atoms with Crippen LogP contribution >= 0.6 is 12.2 Å². The molecule has 28 heavy (non-hydrogen) atoms. The lowest BCUT2D eigenvalue weighted by atomic mass is 9.37. The van der Waals surface area contributed by atoms with Gasteiger partial charge in [-0.15, -0.1) is 0 Å². The van der Waals surface area contributed by atoms with Gasteiger partial charge in [0.25, 0.3) is 0 Å². The number of hydrogen-bond acceptors (Lipinski definition) is 2. The average Bonchev–Trinajstić information content (AvgIpc) is 2.68. The highest BCUT2D eigenvalue weighted by atomic mass is 32.1. The lowest BCUT2D eigenvalue weighted by Gasteiger charge is -2.68.